The summed E-state index contributed by atoms with van der Waals surface area (Å²) in [5, 5.41) is 8.44. The van der Waals surface area contributed by atoms with E-state index in [4.69, 9.17) is 5.73 Å². The maximum Gasteiger partial charge on any atom is 0.316 e. The van der Waals surface area contributed by atoms with Crippen molar-refractivity contribution in [3.05, 3.63) is 0 Å². The molecule has 5 N–H and O–H groups in total. The third-order valence-electron chi connectivity index (χ3n) is 9.76. The van der Waals surface area contributed by atoms with Gasteiger partial charge in [0.2, 0.25) is 17.6 Å². The minimum absolute atomic E-state index is 0.0320. The molecule has 1 heterocycles. The molecule has 0 aromatic rings. The van der Waals surface area contributed by atoms with Crippen LogP contribution in [-0.4, -0.2) is 70.9 Å². The number of nitrogens with one attached hydrogen (secondary N) is 3. The van der Waals surface area contributed by atoms with Crippen molar-refractivity contribution < 1.29 is 28.8 Å². The Kier molecular flexibility index (Phi) is 12.0. The Labute approximate surface area is 262 Å². The lowest BCUT2D eigenvalue weighted by Crippen LogP contribution is -2.61. The molecule has 3 aliphatic rings. The van der Waals surface area contributed by atoms with Gasteiger partial charge in [0.1, 0.15) is 12.1 Å². The van der Waals surface area contributed by atoms with E-state index in [-0.39, 0.29) is 35.4 Å². The summed E-state index contributed by atoms with van der Waals surface area (Å²) in [7, 11) is 0. The quantitative estimate of drug-likeness (QED) is 0.232. The number of hydrogen-bond acceptors (Lipinski definition) is 6. The molecule has 3 rings (SSSR count). The summed E-state index contributed by atoms with van der Waals surface area (Å²) in [4.78, 5) is 80.6. The summed E-state index contributed by atoms with van der Waals surface area (Å²) in [6.45, 7) is 13.6. The molecule has 0 aromatic carbocycles. The highest BCUT2D eigenvalue weighted by atomic mass is 16.2. The number of nitrogens with zero attached hydrogens (tertiary/aromatic N) is 1. The Bertz CT molecular complexity index is 1090. The highest BCUT2D eigenvalue weighted by Gasteiger charge is 2.50. The lowest BCUT2D eigenvalue weighted by atomic mass is 9.81. The minimum atomic E-state index is -1.10. The fourth-order valence-corrected chi connectivity index (χ4v) is 7.17. The van der Waals surface area contributed by atoms with Crippen molar-refractivity contribution in [1.82, 2.24) is 20.9 Å². The number of amides is 5. The first-order valence-corrected chi connectivity index (χ1v) is 16.6. The largest absolute Gasteiger partial charge is 0.363 e. The Morgan fingerprint density at radius 2 is 1.50 bits per heavy atom. The van der Waals surface area contributed by atoms with Crippen molar-refractivity contribution in [2.75, 3.05) is 6.54 Å². The second-order valence-corrected chi connectivity index (χ2v) is 14.8. The highest BCUT2D eigenvalue weighted by Crippen LogP contribution is 2.38. The molecule has 0 spiro atoms. The van der Waals surface area contributed by atoms with Crippen LogP contribution in [0.5, 0.6) is 0 Å². The summed E-state index contributed by atoms with van der Waals surface area (Å²) in [5.74, 6) is -2.82. The van der Waals surface area contributed by atoms with Crippen LogP contribution >= 0.6 is 0 Å². The van der Waals surface area contributed by atoms with E-state index < -0.39 is 59.1 Å². The molecule has 44 heavy (non-hydrogen) atoms. The highest BCUT2D eigenvalue weighted by molar-refractivity contribution is 6.37. The number of nitrogens with two attached hydrogens (primary N) is 1. The van der Waals surface area contributed by atoms with E-state index in [2.05, 4.69) is 16.0 Å². The minimum Gasteiger partial charge on any atom is -0.363 e. The predicted octanol–water partition coefficient (Wildman–Crippen LogP) is 3.09. The number of primary amides is 1. The van der Waals surface area contributed by atoms with E-state index in [1.54, 1.807) is 0 Å². The van der Waals surface area contributed by atoms with Crippen LogP contribution in [0.25, 0.3) is 0 Å². The summed E-state index contributed by atoms with van der Waals surface area (Å²) >= 11 is 0. The van der Waals surface area contributed by atoms with E-state index in [1.165, 1.54) is 4.90 Å². The van der Waals surface area contributed by atoms with Crippen LogP contribution in [-0.2, 0) is 24.0 Å². The maximum absolute atomic E-state index is 14.3. The van der Waals surface area contributed by atoms with E-state index in [0.29, 0.717) is 19.4 Å². The molecule has 5 amide bonds. The first-order chi connectivity index (χ1) is 20.6. The Balaban J connectivity index is 1.82. The van der Waals surface area contributed by atoms with Gasteiger partial charge >= 0.3 is 6.03 Å². The summed E-state index contributed by atoms with van der Waals surface area (Å²) in [6, 6.07) is -4.17. The van der Waals surface area contributed by atoms with E-state index >= 15 is 0 Å². The van der Waals surface area contributed by atoms with Gasteiger partial charge in [-0.15, -0.1) is 0 Å². The molecule has 248 valence electrons. The molecule has 11 nitrogen and oxygen atoms in total. The number of carbonyl (C=O) groups excluding carboxylic acids is 6. The SMILES string of the molecule is CC[C@H](NC(=O)N[C@H](C(=O)N1C[C@H](C)C(C(C)C)[C@H]1C(=O)NC(CC1CC1)C(=O)C(N)=O)C(C)(C)C)C(=O)C1CCCCC1. The molecule has 1 aliphatic heterocycles. The van der Waals surface area contributed by atoms with Gasteiger partial charge in [-0.1, -0.05) is 80.6 Å². The smallest absolute Gasteiger partial charge is 0.316 e. The molecule has 2 saturated carbocycles. The van der Waals surface area contributed by atoms with Crippen LogP contribution in [0.4, 0.5) is 4.79 Å². The molecule has 11 heteroatoms. The third kappa shape index (κ3) is 8.81. The van der Waals surface area contributed by atoms with Crippen LogP contribution in [0.15, 0.2) is 0 Å². The van der Waals surface area contributed by atoms with Gasteiger partial charge in [0.25, 0.3) is 5.91 Å². The van der Waals surface area contributed by atoms with E-state index in [1.807, 2.05) is 48.5 Å². The lowest BCUT2D eigenvalue weighted by molar-refractivity contribution is -0.144. The lowest BCUT2D eigenvalue weighted by Gasteiger charge is -2.37. The average Bonchev–Trinajstić information content (AvgIpc) is 3.71. The average molecular weight is 618 g/mol. The van der Waals surface area contributed by atoms with Crippen LogP contribution in [0.3, 0.4) is 0 Å². The van der Waals surface area contributed by atoms with Crippen molar-refractivity contribution in [3.63, 3.8) is 0 Å². The molecule has 2 unspecified atom stereocenters. The van der Waals surface area contributed by atoms with Gasteiger partial charge in [-0.25, -0.2) is 4.79 Å². The molecule has 0 aromatic heterocycles. The summed E-state index contributed by atoms with van der Waals surface area (Å²) in [6.07, 6.45) is 7.44. The number of carbonyl (C=O) groups is 6. The number of urea groups is 1. The Morgan fingerprint density at radius 1 is 0.886 bits per heavy atom. The van der Waals surface area contributed by atoms with Crippen LogP contribution < -0.4 is 21.7 Å². The van der Waals surface area contributed by atoms with Crippen LogP contribution in [0.1, 0.15) is 106 Å². The fourth-order valence-electron chi connectivity index (χ4n) is 7.17. The summed E-state index contributed by atoms with van der Waals surface area (Å²) < 4.78 is 0. The van der Waals surface area contributed by atoms with Gasteiger partial charge in [-0.05, 0) is 54.8 Å². The molecule has 0 radical (unpaired) electrons. The van der Waals surface area contributed by atoms with Crippen LogP contribution in [0, 0.1) is 35.0 Å². The maximum atomic E-state index is 14.3. The Morgan fingerprint density at radius 3 is 2.00 bits per heavy atom. The standard InChI is InChI=1S/C33H55N5O6/c1-8-22(26(39)21-12-10-9-11-13-21)36-32(44)37-28(33(5,6)7)31(43)38-17-19(4)24(18(2)3)25(38)30(42)35-23(16-20-14-15-20)27(40)29(34)41/h18-25,28H,8-17H2,1-7H3,(H2,34,41)(H,35,42)(H2,36,37,44)/t19-,22-,23?,24?,25-,28+/m0/s1. The van der Waals surface area contributed by atoms with Gasteiger partial charge in [0.15, 0.2) is 5.78 Å². The second-order valence-electron chi connectivity index (χ2n) is 14.8. The first-order valence-electron chi connectivity index (χ1n) is 16.6. The third-order valence-corrected chi connectivity index (χ3v) is 9.76. The topological polar surface area (TPSA) is 168 Å². The Hall–Kier alpha value is -2.98. The number of Topliss-reactive ketones (excluding diaryl/α,β-unsaturated/α-hetero) is 2. The van der Waals surface area contributed by atoms with Crippen LogP contribution in [0.2, 0.25) is 0 Å². The monoisotopic (exact) mass is 617 g/mol. The molecule has 2 aliphatic carbocycles. The number of ketones is 2. The van der Waals surface area contributed by atoms with Gasteiger partial charge in [-0.2, -0.15) is 0 Å². The number of likely N-dealkylation sites (tertiary alicyclic amines) is 1. The second kappa shape index (κ2) is 14.9. The molecule has 0 bridgehead atoms. The molecule has 6 atom stereocenters. The zero-order chi connectivity index (χ0) is 32.9. The van der Waals surface area contributed by atoms with Gasteiger partial charge in [-0.3, -0.25) is 24.0 Å². The molecular weight excluding hydrogens is 562 g/mol. The van der Waals surface area contributed by atoms with Crippen molar-refractivity contribution in [1.29, 1.82) is 0 Å². The normalized spacial score (nSPS) is 24.7. The van der Waals surface area contributed by atoms with Crippen molar-refractivity contribution >= 4 is 35.3 Å². The van der Waals surface area contributed by atoms with E-state index in [9.17, 15) is 28.8 Å². The van der Waals surface area contributed by atoms with E-state index in [0.717, 1.165) is 44.9 Å². The molecule has 3 fully saturated rings. The summed E-state index contributed by atoms with van der Waals surface area (Å²) in [5.41, 5.74) is 4.58. The molecule has 1 saturated heterocycles. The van der Waals surface area contributed by atoms with Gasteiger partial charge in [0, 0.05) is 12.5 Å². The van der Waals surface area contributed by atoms with Crippen molar-refractivity contribution in [2.45, 2.75) is 130 Å². The first kappa shape index (κ1) is 35.5. The predicted molar refractivity (Wildman–Crippen MR) is 167 cm³/mol. The zero-order valence-electron chi connectivity index (χ0n) is 27.7. The van der Waals surface area contributed by atoms with Crippen molar-refractivity contribution in [2.24, 2.45) is 40.7 Å². The van der Waals surface area contributed by atoms with Gasteiger partial charge < -0.3 is 26.6 Å². The van der Waals surface area contributed by atoms with Gasteiger partial charge in [0.05, 0.1) is 12.1 Å². The zero-order valence-corrected chi connectivity index (χ0v) is 27.7. The molecular formula is C33H55N5O6. The number of rotatable bonds is 13. The van der Waals surface area contributed by atoms with Crippen molar-refractivity contribution in [3.8, 4) is 0 Å². The fraction of sp³-hybridized carbons (Fsp3) is 0.818. The number of hydrogen-bond donors (Lipinski definition) is 4.